The van der Waals surface area contributed by atoms with Gasteiger partial charge in [-0.3, -0.25) is 0 Å². The van der Waals surface area contributed by atoms with Gasteiger partial charge in [0.1, 0.15) is 6.29 Å². The zero-order valence-corrected chi connectivity index (χ0v) is 13.5. The Morgan fingerprint density at radius 1 is 0.941 bits per heavy atom. The predicted molar refractivity (Wildman–Crippen MR) is 78.2 cm³/mol. The average molecular weight is 254 g/mol. The summed E-state index contributed by atoms with van der Waals surface area (Å²) < 4.78 is 0. The molecule has 1 rings (SSSR count). The summed E-state index contributed by atoms with van der Waals surface area (Å²) in [6, 6.07) is 0. The monoisotopic (exact) mass is 254 g/mol. The molecule has 2 heteroatoms. The first-order valence-corrected chi connectivity index (χ1v) is 9.63. The maximum Gasteiger partial charge on any atom is 0.123 e. The van der Waals surface area contributed by atoms with Gasteiger partial charge in [-0.15, -0.1) is 0 Å². The van der Waals surface area contributed by atoms with E-state index in [9.17, 15) is 4.79 Å². The Morgan fingerprint density at radius 2 is 1.41 bits per heavy atom. The van der Waals surface area contributed by atoms with Crippen LogP contribution < -0.4 is 0 Å². The second-order valence-electron chi connectivity index (χ2n) is 6.87. The Balaban J connectivity index is 3.02. The van der Waals surface area contributed by atoms with Gasteiger partial charge in [0.05, 0.1) is 8.07 Å². The first-order chi connectivity index (χ1) is 7.87. The molecule has 0 bridgehead atoms. The molecule has 0 aromatic carbocycles. The van der Waals surface area contributed by atoms with Gasteiger partial charge >= 0.3 is 0 Å². The smallest absolute Gasteiger partial charge is 0.123 e. The lowest BCUT2D eigenvalue weighted by Crippen LogP contribution is -2.48. The van der Waals surface area contributed by atoms with Crippen molar-refractivity contribution in [2.24, 2.45) is 5.92 Å². The molecule has 1 saturated carbocycles. The lowest BCUT2D eigenvalue weighted by molar-refractivity contribution is -0.110. The van der Waals surface area contributed by atoms with Crippen LogP contribution in [0.5, 0.6) is 0 Å². The zero-order chi connectivity index (χ0) is 13.2. The molecule has 0 radical (unpaired) electrons. The van der Waals surface area contributed by atoms with Crippen LogP contribution in [0.1, 0.15) is 60.8 Å². The predicted octanol–water partition coefficient (Wildman–Crippen LogP) is 5.03. The highest BCUT2D eigenvalue weighted by Gasteiger charge is 2.50. The van der Waals surface area contributed by atoms with Gasteiger partial charge in [-0.1, -0.05) is 64.6 Å². The van der Waals surface area contributed by atoms with Crippen molar-refractivity contribution in [3.05, 3.63) is 0 Å². The molecule has 1 aliphatic carbocycles. The highest BCUT2D eigenvalue weighted by Crippen LogP contribution is 2.55. The van der Waals surface area contributed by atoms with Crippen molar-refractivity contribution in [2.75, 3.05) is 0 Å². The highest BCUT2D eigenvalue weighted by molar-refractivity contribution is 6.84. The van der Waals surface area contributed by atoms with E-state index >= 15 is 0 Å². The third-order valence-electron chi connectivity index (χ3n) is 5.37. The van der Waals surface area contributed by atoms with Gasteiger partial charge in [-0.25, -0.2) is 0 Å². The van der Waals surface area contributed by atoms with E-state index in [1.807, 2.05) is 0 Å². The van der Waals surface area contributed by atoms with E-state index in [4.69, 9.17) is 0 Å². The van der Waals surface area contributed by atoms with Crippen molar-refractivity contribution >= 4 is 14.4 Å². The van der Waals surface area contributed by atoms with Gasteiger partial charge in [-0.05, 0) is 18.4 Å². The lowest BCUT2D eigenvalue weighted by Gasteiger charge is -2.48. The van der Waals surface area contributed by atoms with Crippen LogP contribution in [0.4, 0.5) is 0 Å². The quantitative estimate of drug-likeness (QED) is 0.496. The summed E-state index contributed by atoms with van der Waals surface area (Å²) in [5.74, 6) is 0.364. The molecule has 100 valence electrons. The summed E-state index contributed by atoms with van der Waals surface area (Å²) in [7, 11) is -1.31. The summed E-state index contributed by atoms with van der Waals surface area (Å²) in [4.78, 5) is 11.0. The van der Waals surface area contributed by atoms with Gasteiger partial charge in [0.15, 0.2) is 0 Å². The molecular formula is C15H30OSi. The van der Waals surface area contributed by atoms with E-state index in [0.717, 1.165) is 28.6 Å². The fourth-order valence-corrected chi connectivity index (χ4v) is 13.2. The van der Waals surface area contributed by atoms with Crippen LogP contribution >= 0.6 is 0 Å². The van der Waals surface area contributed by atoms with E-state index in [2.05, 4.69) is 41.5 Å². The van der Waals surface area contributed by atoms with Gasteiger partial charge in [-0.2, -0.15) is 0 Å². The van der Waals surface area contributed by atoms with Gasteiger partial charge < -0.3 is 4.79 Å². The molecule has 1 nitrogen and oxygen atoms in total. The number of hydrogen-bond donors (Lipinski definition) is 0. The molecule has 0 aromatic heterocycles. The second-order valence-corrected chi connectivity index (χ2v) is 13.2. The Hall–Kier alpha value is -0.113. The molecule has 0 unspecified atom stereocenters. The third kappa shape index (κ3) is 2.52. The molecule has 0 spiro atoms. The highest BCUT2D eigenvalue weighted by atomic mass is 28.3. The summed E-state index contributed by atoms with van der Waals surface area (Å²) in [6.07, 6.45) is 4.85. The number of carbonyl (C=O) groups is 1. The first-order valence-electron chi connectivity index (χ1n) is 7.32. The normalized spacial score (nSPS) is 26.2. The van der Waals surface area contributed by atoms with Crippen molar-refractivity contribution in [3.8, 4) is 0 Å². The minimum atomic E-state index is -1.31. The second kappa shape index (κ2) is 5.68. The van der Waals surface area contributed by atoms with Gasteiger partial charge in [0, 0.05) is 5.92 Å². The average Bonchev–Trinajstić information content (AvgIpc) is 2.65. The standard InChI is InChI=1S/C15H30OSi/c1-11(2)17(12(3)4,13(5)6)15-8-7-14(9-15)10-16/h10-15H,7-9H2,1-6H3/t14-,15-/m1/s1. The molecule has 2 atom stereocenters. The third-order valence-corrected chi connectivity index (χ3v) is 13.3. The number of aldehydes is 1. The molecule has 0 aromatic rings. The van der Waals surface area contributed by atoms with Crippen LogP contribution in [0.3, 0.4) is 0 Å². The molecule has 0 saturated heterocycles. The molecular weight excluding hydrogens is 224 g/mol. The maximum atomic E-state index is 11.0. The molecule has 0 amide bonds. The van der Waals surface area contributed by atoms with Crippen molar-refractivity contribution < 1.29 is 4.79 Å². The van der Waals surface area contributed by atoms with Crippen LogP contribution in [-0.4, -0.2) is 14.4 Å². The van der Waals surface area contributed by atoms with Gasteiger partial charge in [0.25, 0.3) is 0 Å². The van der Waals surface area contributed by atoms with Crippen LogP contribution in [-0.2, 0) is 4.79 Å². The molecule has 17 heavy (non-hydrogen) atoms. The Labute approximate surface area is 108 Å². The largest absolute Gasteiger partial charge is 0.303 e. The summed E-state index contributed by atoms with van der Waals surface area (Å²) in [5.41, 5.74) is 3.37. The summed E-state index contributed by atoms with van der Waals surface area (Å²) >= 11 is 0. The SMILES string of the molecule is CC(C)[Si](C(C)C)(C(C)C)[C@@H]1CC[C@@H](C=O)C1. The van der Waals surface area contributed by atoms with Crippen LogP contribution in [0, 0.1) is 5.92 Å². The topological polar surface area (TPSA) is 17.1 Å². The van der Waals surface area contributed by atoms with Crippen molar-refractivity contribution in [3.63, 3.8) is 0 Å². The van der Waals surface area contributed by atoms with E-state index < -0.39 is 8.07 Å². The first kappa shape index (κ1) is 14.9. The number of hydrogen-bond acceptors (Lipinski definition) is 1. The lowest BCUT2D eigenvalue weighted by atomic mass is 10.1. The van der Waals surface area contributed by atoms with Crippen LogP contribution in [0.15, 0.2) is 0 Å². The van der Waals surface area contributed by atoms with Crippen molar-refractivity contribution in [1.29, 1.82) is 0 Å². The summed E-state index contributed by atoms with van der Waals surface area (Å²) in [5, 5.41) is 0. The fraction of sp³-hybridized carbons (Fsp3) is 0.933. The van der Waals surface area contributed by atoms with Crippen molar-refractivity contribution in [2.45, 2.75) is 83.0 Å². The van der Waals surface area contributed by atoms with E-state index in [-0.39, 0.29) is 0 Å². The minimum absolute atomic E-state index is 0.364. The molecule has 1 aliphatic rings. The number of carbonyl (C=O) groups excluding carboxylic acids is 1. The molecule has 0 heterocycles. The molecule has 0 aliphatic heterocycles. The minimum Gasteiger partial charge on any atom is -0.303 e. The van der Waals surface area contributed by atoms with Crippen LogP contribution in [0.2, 0.25) is 22.2 Å². The Morgan fingerprint density at radius 3 is 1.71 bits per heavy atom. The fourth-order valence-electron chi connectivity index (χ4n) is 5.01. The Kier molecular flexibility index (Phi) is 5.00. The molecule has 1 fully saturated rings. The van der Waals surface area contributed by atoms with Crippen molar-refractivity contribution in [1.82, 2.24) is 0 Å². The Bertz CT molecular complexity index is 236. The zero-order valence-electron chi connectivity index (χ0n) is 12.5. The van der Waals surface area contributed by atoms with E-state index in [1.165, 1.54) is 19.1 Å². The number of rotatable bonds is 5. The van der Waals surface area contributed by atoms with E-state index in [1.54, 1.807) is 0 Å². The van der Waals surface area contributed by atoms with E-state index in [0.29, 0.717) is 5.92 Å². The van der Waals surface area contributed by atoms with Gasteiger partial charge in [0.2, 0.25) is 0 Å². The van der Waals surface area contributed by atoms with Crippen LogP contribution in [0.25, 0.3) is 0 Å². The summed E-state index contributed by atoms with van der Waals surface area (Å²) in [6.45, 7) is 14.6. The maximum absolute atomic E-state index is 11.0. The molecule has 0 N–H and O–H groups in total.